The summed E-state index contributed by atoms with van der Waals surface area (Å²) in [4.78, 5) is 13.9. The Morgan fingerprint density at radius 1 is 1.39 bits per heavy atom. The zero-order chi connectivity index (χ0) is 13.4. The zero-order valence-electron chi connectivity index (χ0n) is 11.5. The predicted molar refractivity (Wildman–Crippen MR) is 68.4 cm³/mol. The molecule has 5 heteroatoms. The number of likely N-dealkylation sites (tertiary alicyclic amines) is 1. The van der Waals surface area contributed by atoms with Crippen LogP contribution in [0.3, 0.4) is 0 Å². The van der Waals surface area contributed by atoms with E-state index in [0.29, 0.717) is 19.6 Å². The van der Waals surface area contributed by atoms with E-state index in [1.165, 1.54) is 0 Å². The summed E-state index contributed by atoms with van der Waals surface area (Å²) in [5, 5.41) is 13.5. The summed E-state index contributed by atoms with van der Waals surface area (Å²) < 4.78 is 5.43. The van der Waals surface area contributed by atoms with Crippen LogP contribution in [-0.4, -0.2) is 53.0 Å². The molecule has 0 bridgehead atoms. The molecule has 2 heterocycles. The van der Waals surface area contributed by atoms with E-state index in [4.69, 9.17) is 4.74 Å². The van der Waals surface area contributed by atoms with E-state index >= 15 is 0 Å². The standard InChI is InChI=1S/C13H24N2O3/c1-12(2,3)18-11(16)15-7-5-4-6-10(15)13(17)8-14-9-13/h10,14,17H,4-9H2,1-3H3/t10-/m0/s1. The van der Waals surface area contributed by atoms with Crippen molar-refractivity contribution in [3.63, 3.8) is 0 Å². The fourth-order valence-electron chi connectivity index (χ4n) is 2.65. The number of β-amino-alcohol motifs (C(OH)–C–C–N with tert-alkyl or cyclic N) is 1. The Morgan fingerprint density at radius 2 is 2.06 bits per heavy atom. The molecule has 104 valence electrons. The molecule has 2 aliphatic heterocycles. The van der Waals surface area contributed by atoms with Crippen LogP contribution >= 0.6 is 0 Å². The van der Waals surface area contributed by atoms with Gasteiger partial charge in [0.05, 0.1) is 6.04 Å². The molecule has 5 nitrogen and oxygen atoms in total. The van der Waals surface area contributed by atoms with Crippen LogP contribution in [0.5, 0.6) is 0 Å². The third kappa shape index (κ3) is 2.78. The number of carbonyl (C=O) groups is 1. The topological polar surface area (TPSA) is 61.8 Å². The smallest absolute Gasteiger partial charge is 0.410 e. The van der Waals surface area contributed by atoms with E-state index in [9.17, 15) is 9.90 Å². The Kier molecular flexibility index (Phi) is 3.56. The second kappa shape index (κ2) is 4.70. The fourth-order valence-corrected chi connectivity index (χ4v) is 2.65. The van der Waals surface area contributed by atoms with E-state index in [1.54, 1.807) is 4.90 Å². The number of nitrogens with zero attached hydrogens (tertiary/aromatic N) is 1. The maximum Gasteiger partial charge on any atom is 0.410 e. The first-order chi connectivity index (χ1) is 8.32. The van der Waals surface area contributed by atoms with Crippen LogP contribution in [0.1, 0.15) is 40.0 Å². The van der Waals surface area contributed by atoms with Gasteiger partial charge in [0, 0.05) is 19.6 Å². The molecule has 2 N–H and O–H groups in total. The highest BCUT2D eigenvalue weighted by atomic mass is 16.6. The van der Waals surface area contributed by atoms with Crippen LogP contribution in [0.15, 0.2) is 0 Å². The minimum atomic E-state index is -0.767. The van der Waals surface area contributed by atoms with Crippen molar-refractivity contribution in [3.8, 4) is 0 Å². The Balaban J connectivity index is 2.06. The third-order valence-corrected chi connectivity index (χ3v) is 3.61. The summed E-state index contributed by atoms with van der Waals surface area (Å²) in [5.41, 5.74) is -1.25. The van der Waals surface area contributed by atoms with Crippen LogP contribution in [0.4, 0.5) is 4.79 Å². The molecule has 0 aromatic carbocycles. The summed E-state index contributed by atoms with van der Waals surface area (Å²) in [7, 11) is 0. The number of ether oxygens (including phenoxy) is 1. The van der Waals surface area contributed by atoms with E-state index < -0.39 is 11.2 Å². The van der Waals surface area contributed by atoms with Crippen molar-refractivity contribution in [2.75, 3.05) is 19.6 Å². The van der Waals surface area contributed by atoms with Gasteiger partial charge in [0.2, 0.25) is 0 Å². The number of carbonyl (C=O) groups excluding carboxylic acids is 1. The van der Waals surface area contributed by atoms with E-state index in [1.807, 2.05) is 20.8 Å². The summed E-state index contributed by atoms with van der Waals surface area (Å²) >= 11 is 0. The average molecular weight is 256 g/mol. The molecule has 0 unspecified atom stereocenters. The van der Waals surface area contributed by atoms with Crippen molar-refractivity contribution in [2.45, 2.75) is 57.3 Å². The largest absolute Gasteiger partial charge is 0.444 e. The first-order valence-corrected chi connectivity index (χ1v) is 6.75. The molecule has 0 aliphatic carbocycles. The lowest BCUT2D eigenvalue weighted by atomic mass is 9.82. The highest BCUT2D eigenvalue weighted by molar-refractivity contribution is 5.69. The van der Waals surface area contributed by atoms with Crippen molar-refractivity contribution in [3.05, 3.63) is 0 Å². The van der Waals surface area contributed by atoms with Gasteiger partial charge in [-0.05, 0) is 40.0 Å². The number of aliphatic hydroxyl groups is 1. The van der Waals surface area contributed by atoms with Gasteiger partial charge in [-0.25, -0.2) is 4.79 Å². The van der Waals surface area contributed by atoms with Crippen LogP contribution in [-0.2, 0) is 4.74 Å². The molecule has 0 radical (unpaired) electrons. The lowest BCUT2D eigenvalue weighted by Gasteiger charge is -2.50. The summed E-state index contributed by atoms with van der Waals surface area (Å²) in [6.07, 6.45) is 2.61. The summed E-state index contributed by atoms with van der Waals surface area (Å²) in [6, 6.07) is -0.109. The van der Waals surface area contributed by atoms with Gasteiger partial charge >= 0.3 is 6.09 Å². The van der Waals surface area contributed by atoms with Crippen LogP contribution in [0.2, 0.25) is 0 Å². The molecule has 0 aromatic heterocycles. The third-order valence-electron chi connectivity index (χ3n) is 3.61. The molecule has 0 spiro atoms. The van der Waals surface area contributed by atoms with Crippen LogP contribution in [0.25, 0.3) is 0 Å². The lowest BCUT2D eigenvalue weighted by molar-refractivity contribution is -0.0953. The second-order valence-corrected chi connectivity index (χ2v) is 6.39. The van der Waals surface area contributed by atoms with Gasteiger partial charge in [0.15, 0.2) is 0 Å². The molecule has 1 atom stereocenters. The molecule has 0 aromatic rings. The Hall–Kier alpha value is -0.810. The van der Waals surface area contributed by atoms with E-state index in [2.05, 4.69) is 5.32 Å². The van der Waals surface area contributed by atoms with E-state index in [0.717, 1.165) is 19.3 Å². The van der Waals surface area contributed by atoms with Gasteiger partial charge in [-0.1, -0.05) is 0 Å². The zero-order valence-corrected chi connectivity index (χ0v) is 11.5. The second-order valence-electron chi connectivity index (χ2n) is 6.39. The number of hydrogen-bond donors (Lipinski definition) is 2. The number of nitrogens with one attached hydrogen (secondary N) is 1. The van der Waals surface area contributed by atoms with Crippen molar-refractivity contribution in [1.29, 1.82) is 0 Å². The minimum Gasteiger partial charge on any atom is -0.444 e. The number of hydrogen-bond acceptors (Lipinski definition) is 4. The van der Waals surface area contributed by atoms with Crippen LogP contribution in [0, 0.1) is 0 Å². The van der Waals surface area contributed by atoms with Crippen molar-refractivity contribution in [1.82, 2.24) is 10.2 Å². The normalized spacial score (nSPS) is 27.6. The number of piperidine rings is 1. The molecule has 2 saturated heterocycles. The van der Waals surface area contributed by atoms with Crippen LogP contribution < -0.4 is 5.32 Å². The average Bonchev–Trinajstić information content (AvgIpc) is 2.23. The van der Waals surface area contributed by atoms with Gasteiger partial charge < -0.3 is 20.1 Å². The summed E-state index contributed by atoms with van der Waals surface area (Å²) in [6.45, 7) is 7.41. The van der Waals surface area contributed by atoms with Gasteiger partial charge in [-0.3, -0.25) is 0 Å². The highest BCUT2D eigenvalue weighted by Crippen LogP contribution is 2.30. The van der Waals surface area contributed by atoms with Gasteiger partial charge in [-0.15, -0.1) is 0 Å². The molecule has 1 amide bonds. The Labute approximate surface area is 108 Å². The first-order valence-electron chi connectivity index (χ1n) is 6.75. The molecule has 2 rings (SSSR count). The Morgan fingerprint density at radius 3 is 2.56 bits per heavy atom. The first kappa shape index (κ1) is 13.6. The molecular weight excluding hydrogens is 232 g/mol. The highest BCUT2D eigenvalue weighted by Gasteiger charge is 2.48. The number of amides is 1. The van der Waals surface area contributed by atoms with E-state index in [-0.39, 0.29) is 12.1 Å². The van der Waals surface area contributed by atoms with Gasteiger partial charge in [-0.2, -0.15) is 0 Å². The number of rotatable bonds is 1. The van der Waals surface area contributed by atoms with Gasteiger partial charge in [0.25, 0.3) is 0 Å². The maximum absolute atomic E-state index is 12.2. The molecule has 2 aliphatic rings. The Bertz CT molecular complexity index is 321. The quantitative estimate of drug-likeness (QED) is 0.738. The fraction of sp³-hybridized carbons (Fsp3) is 0.923. The maximum atomic E-state index is 12.2. The minimum absolute atomic E-state index is 0.109. The predicted octanol–water partition coefficient (Wildman–Crippen LogP) is 1.11. The molecular formula is C13H24N2O3. The monoisotopic (exact) mass is 256 g/mol. The SMILES string of the molecule is CC(C)(C)OC(=O)N1CCCC[C@H]1C1(O)CNC1. The molecule has 2 fully saturated rings. The lowest BCUT2D eigenvalue weighted by Crippen LogP contribution is -2.71. The summed E-state index contributed by atoms with van der Waals surface area (Å²) in [5.74, 6) is 0. The molecule has 0 saturated carbocycles. The molecule has 18 heavy (non-hydrogen) atoms. The van der Waals surface area contributed by atoms with Crippen molar-refractivity contribution in [2.24, 2.45) is 0 Å². The van der Waals surface area contributed by atoms with Crippen molar-refractivity contribution >= 4 is 6.09 Å². The van der Waals surface area contributed by atoms with Crippen molar-refractivity contribution < 1.29 is 14.6 Å². The van der Waals surface area contributed by atoms with Gasteiger partial charge in [0.1, 0.15) is 11.2 Å².